The van der Waals surface area contributed by atoms with E-state index < -0.39 is 0 Å². The maximum absolute atomic E-state index is 3.73. The lowest BCUT2D eigenvalue weighted by Gasteiger charge is -2.07. The second kappa shape index (κ2) is 6.71. The summed E-state index contributed by atoms with van der Waals surface area (Å²) in [6.07, 6.45) is 8.67. The zero-order chi connectivity index (χ0) is 10.3. The SMILES string of the molecule is C=CC/C(C)=C/C(C)C/C(C)=C/C. The maximum atomic E-state index is 3.73. The molecule has 0 aromatic rings. The smallest absolute Gasteiger partial charge is 0.0144 e. The molecule has 0 aliphatic carbocycles. The predicted octanol–water partition coefficient (Wildman–Crippen LogP) is 4.50. The van der Waals surface area contributed by atoms with Crippen molar-refractivity contribution in [3.63, 3.8) is 0 Å². The zero-order valence-electron chi connectivity index (χ0n) is 9.43. The van der Waals surface area contributed by atoms with Gasteiger partial charge in [0, 0.05) is 0 Å². The Bertz CT molecular complexity index is 206. The van der Waals surface area contributed by atoms with Crippen LogP contribution in [0.3, 0.4) is 0 Å². The highest BCUT2D eigenvalue weighted by Gasteiger charge is 1.98. The third kappa shape index (κ3) is 6.39. The lowest BCUT2D eigenvalue weighted by Crippen LogP contribution is -1.92. The van der Waals surface area contributed by atoms with E-state index in [2.05, 4.69) is 46.4 Å². The molecule has 1 unspecified atom stereocenters. The van der Waals surface area contributed by atoms with E-state index >= 15 is 0 Å². The van der Waals surface area contributed by atoms with Crippen molar-refractivity contribution < 1.29 is 0 Å². The average Bonchev–Trinajstić information content (AvgIpc) is 2.04. The Morgan fingerprint density at radius 1 is 1.31 bits per heavy atom. The molecule has 0 radical (unpaired) electrons. The van der Waals surface area contributed by atoms with Gasteiger partial charge in [-0.25, -0.2) is 0 Å². The van der Waals surface area contributed by atoms with E-state index in [1.165, 1.54) is 17.6 Å². The Balaban J connectivity index is 4.05. The molecule has 0 heterocycles. The lowest BCUT2D eigenvalue weighted by molar-refractivity contribution is 0.708. The molecule has 13 heavy (non-hydrogen) atoms. The fraction of sp³-hybridized carbons (Fsp3) is 0.538. The van der Waals surface area contributed by atoms with Gasteiger partial charge in [0.15, 0.2) is 0 Å². The summed E-state index contributed by atoms with van der Waals surface area (Å²) in [5.74, 6) is 0.649. The van der Waals surface area contributed by atoms with Crippen molar-refractivity contribution in [2.24, 2.45) is 5.92 Å². The van der Waals surface area contributed by atoms with Crippen molar-refractivity contribution in [3.8, 4) is 0 Å². The van der Waals surface area contributed by atoms with Crippen molar-refractivity contribution in [2.75, 3.05) is 0 Å². The summed E-state index contributed by atoms with van der Waals surface area (Å²) in [7, 11) is 0. The van der Waals surface area contributed by atoms with Gasteiger partial charge in [-0.2, -0.15) is 0 Å². The van der Waals surface area contributed by atoms with Crippen LogP contribution in [0, 0.1) is 5.92 Å². The van der Waals surface area contributed by atoms with Gasteiger partial charge < -0.3 is 0 Å². The van der Waals surface area contributed by atoms with Crippen LogP contribution in [-0.4, -0.2) is 0 Å². The predicted molar refractivity (Wildman–Crippen MR) is 61.8 cm³/mol. The van der Waals surface area contributed by atoms with Gasteiger partial charge in [-0.05, 0) is 39.5 Å². The molecule has 0 aliphatic heterocycles. The summed E-state index contributed by atoms with van der Waals surface area (Å²) < 4.78 is 0. The monoisotopic (exact) mass is 178 g/mol. The number of allylic oxidation sites excluding steroid dienone is 5. The van der Waals surface area contributed by atoms with E-state index in [0.29, 0.717) is 5.92 Å². The molecule has 0 aromatic carbocycles. The highest BCUT2D eigenvalue weighted by molar-refractivity contribution is 5.07. The first-order valence-electron chi connectivity index (χ1n) is 5.00. The quantitative estimate of drug-likeness (QED) is 0.544. The first kappa shape index (κ1) is 12.2. The molecule has 74 valence electrons. The minimum atomic E-state index is 0.649. The van der Waals surface area contributed by atoms with Crippen LogP contribution < -0.4 is 0 Å². The highest BCUT2D eigenvalue weighted by atomic mass is 14.0. The fourth-order valence-corrected chi connectivity index (χ4v) is 1.47. The van der Waals surface area contributed by atoms with E-state index in [4.69, 9.17) is 0 Å². The van der Waals surface area contributed by atoms with E-state index in [-0.39, 0.29) is 0 Å². The Morgan fingerprint density at radius 2 is 1.92 bits per heavy atom. The van der Waals surface area contributed by atoms with Crippen molar-refractivity contribution >= 4 is 0 Å². The molecule has 0 rings (SSSR count). The molecule has 0 heteroatoms. The fourth-order valence-electron chi connectivity index (χ4n) is 1.47. The summed E-state index contributed by atoms with van der Waals surface area (Å²) in [5.41, 5.74) is 2.89. The molecule has 0 nitrogen and oxygen atoms in total. The molecule has 0 aliphatic rings. The maximum Gasteiger partial charge on any atom is -0.0144 e. The van der Waals surface area contributed by atoms with E-state index in [1.54, 1.807) is 0 Å². The average molecular weight is 178 g/mol. The second-order valence-electron chi connectivity index (χ2n) is 3.82. The second-order valence-corrected chi connectivity index (χ2v) is 3.82. The molecule has 0 aromatic heterocycles. The Morgan fingerprint density at radius 3 is 2.38 bits per heavy atom. The largest absolute Gasteiger partial charge is 0.103 e. The summed E-state index contributed by atoms with van der Waals surface area (Å²) in [6.45, 7) is 12.5. The van der Waals surface area contributed by atoms with Crippen molar-refractivity contribution in [1.29, 1.82) is 0 Å². The van der Waals surface area contributed by atoms with Crippen LogP contribution in [0.15, 0.2) is 36.0 Å². The van der Waals surface area contributed by atoms with Gasteiger partial charge in [0.25, 0.3) is 0 Å². The van der Waals surface area contributed by atoms with Gasteiger partial charge in [-0.1, -0.05) is 36.3 Å². The molecule has 0 spiro atoms. The molecule has 0 amide bonds. The minimum absolute atomic E-state index is 0.649. The van der Waals surface area contributed by atoms with Crippen molar-refractivity contribution in [2.45, 2.75) is 40.5 Å². The Labute approximate surface area is 83.0 Å². The normalized spacial score (nSPS) is 15.7. The lowest BCUT2D eigenvalue weighted by atomic mass is 9.99. The highest BCUT2D eigenvalue weighted by Crippen LogP contribution is 2.15. The van der Waals surface area contributed by atoms with Gasteiger partial charge in [0.2, 0.25) is 0 Å². The van der Waals surface area contributed by atoms with Crippen LogP contribution in [0.1, 0.15) is 40.5 Å². The molecule has 0 bridgehead atoms. The van der Waals surface area contributed by atoms with Crippen LogP contribution >= 0.6 is 0 Å². The zero-order valence-corrected chi connectivity index (χ0v) is 9.43. The van der Waals surface area contributed by atoms with E-state index in [1.807, 2.05) is 6.08 Å². The van der Waals surface area contributed by atoms with E-state index in [9.17, 15) is 0 Å². The molecule has 0 saturated carbocycles. The van der Waals surface area contributed by atoms with Crippen LogP contribution in [-0.2, 0) is 0 Å². The van der Waals surface area contributed by atoms with Crippen LogP contribution in [0.25, 0.3) is 0 Å². The number of hydrogen-bond acceptors (Lipinski definition) is 0. The summed E-state index contributed by atoms with van der Waals surface area (Å²) in [4.78, 5) is 0. The number of hydrogen-bond donors (Lipinski definition) is 0. The Hall–Kier alpha value is -0.780. The first-order valence-corrected chi connectivity index (χ1v) is 5.00. The summed E-state index contributed by atoms with van der Waals surface area (Å²) in [6, 6.07) is 0. The molecule has 0 N–H and O–H groups in total. The van der Waals surface area contributed by atoms with Crippen LogP contribution in [0.4, 0.5) is 0 Å². The minimum Gasteiger partial charge on any atom is -0.103 e. The molecular formula is C13H22. The molecular weight excluding hydrogens is 156 g/mol. The van der Waals surface area contributed by atoms with Gasteiger partial charge in [-0.3, -0.25) is 0 Å². The van der Waals surface area contributed by atoms with Crippen LogP contribution in [0.2, 0.25) is 0 Å². The van der Waals surface area contributed by atoms with Crippen molar-refractivity contribution in [3.05, 3.63) is 36.0 Å². The third-order valence-electron chi connectivity index (χ3n) is 2.17. The van der Waals surface area contributed by atoms with Crippen LogP contribution in [0.5, 0.6) is 0 Å². The first-order chi connectivity index (χ1) is 6.10. The summed E-state index contributed by atoms with van der Waals surface area (Å²) in [5, 5.41) is 0. The number of rotatable bonds is 5. The van der Waals surface area contributed by atoms with Crippen molar-refractivity contribution in [1.82, 2.24) is 0 Å². The standard InChI is InChI=1S/C13H22/c1-6-8-12(4)10-13(5)9-11(3)7-2/h6-7,10,13H,1,8-9H2,2-5H3/b11-7+,12-10+. The van der Waals surface area contributed by atoms with E-state index in [0.717, 1.165) is 6.42 Å². The molecule has 0 saturated heterocycles. The summed E-state index contributed by atoms with van der Waals surface area (Å²) >= 11 is 0. The van der Waals surface area contributed by atoms with Gasteiger partial charge in [0.05, 0.1) is 0 Å². The Kier molecular flexibility index (Phi) is 6.30. The third-order valence-corrected chi connectivity index (χ3v) is 2.17. The van der Waals surface area contributed by atoms with Gasteiger partial charge in [-0.15, -0.1) is 6.58 Å². The topological polar surface area (TPSA) is 0 Å². The van der Waals surface area contributed by atoms with Gasteiger partial charge in [0.1, 0.15) is 0 Å². The van der Waals surface area contributed by atoms with Gasteiger partial charge >= 0.3 is 0 Å². The molecule has 0 fully saturated rings. The molecule has 1 atom stereocenters.